The lowest BCUT2D eigenvalue weighted by Crippen LogP contribution is -2.30. The van der Waals surface area contributed by atoms with Crippen LogP contribution in [0.1, 0.15) is 131 Å². The van der Waals surface area contributed by atoms with Crippen LogP contribution in [-0.2, 0) is 17.6 Å². The average Bonchev–Trinajstić information content (AvgIpc) is 3.68. The van der Waals surface area contributed by atoms with Crippen molar-refractivity contribution in [3.05, 3.63) is 64.7 Å². The maximum absolute atomic E-state index is 13.8. The first-order valence-electron chi connectivity index (χ1n) is 16.8. The van der Waals surface area contributed by atoms with Crippen molar-refractivity contribution in [2.45, 2.75) is 123 Å². The van der Waals surface area contributed by atoms with Crippen LogP contribution in [0.4, 0.5) is 0 Å². The summed E-state index contributed by atoms with van der Waals surface area (Å²) >= 11 is 0. The standard InChI is InChI=1S/C38H52O3/c1-37(2,3)20-19-27-6-4-7-28(10-9-27)30-11-12-32-25-33(16-13-31(32)24-30)38(21-22-38)36(39)29-14-17-34(18-15-29)41-26-35-8-5-23-40-35/h11-12,14-15,17-18,24,27-28,33,35H,4-10,13,16,19-23,25-26H2,1-3H3/t27?,28-,33+,35+/m1/s1. The van der Waals surface area contributed by atoms with Crippen molar-refractivity contribution in [3.63, 3.8) is 0 Å². The highest BCUT2D eigenvalue weighted by Gasteiger charge is 2.55. The summed E-state index contributed by atoms with van der Waals surface area (Å²) in [6.45, 7) is 8.58. The molecular formula is C38H52O3. The van der Waals surface area contributed by atoms with Crippen LogP contribution in [0.15, 0.2) is 42.5 Å². The Labute approximate surface area is 248 Å². The summed E-state index contributed by atoms with van der Waals surface area (Å²) < 4.78 is 11.6. The second-order valence-electron chi connectivity index (χ2n) is 15.1. The van der Waals surface area contributed by atoms with E-state index in [1.54, 1.807) is 11.1 Å². The summed E-state index contributed by atoms with van der Waals surface area (Å²) in [6, 6.07) is 15.3. The SMILES string of the molecule is CC(C)(C)CCC1CCC[C@@H](c2ccc3c(c2)CC[C@H](C2(C(=O)c4ccc(OC[C@@H]5CCCO5)cc4)CC2)C3)CC1. The van der Waals surface area contributed by atoms with Gasteiger partial charge in [0.2, 0.25) is 0 Å². The Bertz CT molecular complexity index is 1180. The minimum Gasteiger partial charge on any atom is -0.491 e. The van der Waals surface area contributed by atoms with E-state index < -0.39 is 0 Å². The van der Waals surface area contributed by atoms with Gasteiger partial charge in [-0.05, 0) is 141 Å². The lowest BCUT2D eigenvalue weighted by Gasteiger charge is -2.32. The largest absolute Gasteiger partial charge is 0.491 e. The number of hydrogen-bond acceptors (Lipinski definition) is 3. The van der Waals surface area contributed by atoms with Crippen LogP contribution in [0.25, 0.3) is 0 Å². The second-order valence-corrected chi connectivity index (χ2v) is 15.1. The van der Waals surface area contributed by atoms with Crippen molar-refractivity contribution in [1.29, 1.82) is 0 Å². The van der Waals surface area contributed by atoms with Crippen LogP contribution >= 0.6 is 0 Å². The van der Waals surface area contributed by atoms with Gasteiger partial charge >= 0.3 is 0 Å². The highest BCUT2D eigenvalue weighted by atomic mass is 16.5. The van der Waals surface area contributed by atoms with Crippen LogP contribution < -0.4 is 4.74 Å². The van der Waals surface area contributed by atoms with Gasteiger partial charge in [0, 0.05) is 17.6 Å². The molecule has 4 aliphatic rings. The number of ether oxygens (including phenoxy) is 2. The molecule has 0 spiro atoms. The van der Waals surface area contributed by atoms with Crippen molar-refractivity contribution in [2.24, 2.45) is 22.7 Å². The third-order valence-electron chi connectivity index (χ3n) is 10.9. The normalized spacial score (nSPS) is 27.6. The Kier molecular flexibility index (Phi) is 8.64. The summed E-state index contributed by atoms with van der Waals surface area (Å²) in [5.41, 5.74) is 5.79. The van der Waals surface area contributed by atoms with Crippen LogP contribution in [0.3, 0.4) is 0 Å². The van der Waals surface area contributed by atoms with E-state index in [1.807, 2.05) is 24.3 Å². The van der Waals surface area contributed by atoms with E-state index in [4.69, 9.17) is 9.47 Å². The number of Topliss-reactive ketones (excluding diaryl/α,β-unsaturated/α-hetero) is 1. The number of rotatable bonds is 9. The molecule has 6 rings (SSSR count). The summed E-state index contributed by atoms with van der Waals surface area (Å²) in [5.74, 6) is 3.29. The smallest absolute Gasteiger partial charge is 0.169 e. The minimum atomic E-state index is -0.153. The predicted molar refractivity (Wildman–Crippen MR) is 167 cm³/mol. The van der Waals surface area contributed by atoms with Gasteiger partial charge in [0.05, 0.1) is 6.10 Å². The second kappa shape index (κ2) is 12.2. The topological polar surface area (TPSA) is 35.5 Å². The highest BCUT2D eigenvalue weighted by Crippen LogP contribution is 2.57. The molecule has 0 bridgehead atoms. The summed E-state index contributed by atoms with van der Waals surface area (Å²) in [7, 11) is 0. The maximum atomic E-state index is 13.8. The molecule has 41 heavy (non-hydrogen) atoms. The highest BCUT2D eigenvalue weighted by molar-refractivity contribution is 6.02. The molecule has 222 valence electrons. The fraction of sp³-hybridized carbons (Fsp3) is 0.658. The number of aryl methyl sites for hydroxylation is 1. The van der Waals surface area contributed by atoms with Gasteiger partial charge < -0.3 is 9.47 Å². The molecule has 3 aliphatic carbocycles. The van der Waals surface area contributed by atoms with Gasteiger partial charge in [0.1, 0.15) is 12.4 Å². The van der Waals surface area contributed by atoms with Crippen LogP contribution in [0.2, 0.25) is 0 Å². The Hall–Kier alpha value is -2.13. The summed E-state index contributed by atoms with van der Waals surface area (Å²) in [5, 5.41) is 0. The van der Waals surface area contributed by atoms with Crippen molar-refractivity contribution >= 4 is 5.78 Å². The Balaban J connectivity index is 1.05. The average molecular weight is 557 g/mol. The molecule has 4 atom stereocenters. The zero-order chi connectivity index (χ0) is 28.5. The van der Waals surface area contributed by atoms with Gasteiger partial charge in [0.15, 0.2) is 5.78 Å². The Morgan fingerprint density at radius 3 is 2.49 bits per heavy atom. The lowest BCUT2D eigenvalue weighted by molar-refractivity contribution is 0.0679. The van der Waals surface area contributed by atoms with E-state index in [9.17, 15) is 4.79 Å². The van der Waals surface area contributed by atoms with E-state index in [1.165, 1.54) is 50.5 Å². The summed E-state index contributed by atoms with van der Waals surface area (Å²) in [4.78, 5) is 13.8. The maximum Gasteiger partial charge on any atom is 0.169 e. The molecule has 1 aliphatic heterocycles. The molecule has 1 saturated heterocycles. The van der Waals surface area contributed by atoms with Gasteiger partial charge in [-0.3, -0.25) is 4.79 Å². The van der Waals surface area contributed by atoms with E-state index in [-0.39, 0.29) is 11.5 Å². The quantitative estimate of drug-likeness (QED) is 0.228. The van der Waals surface area contributed by atoms with Crippen LogP contribution in [-0.4, -0.2) is 25.1 Å². The molecule has 3 fully saturated rings. The number of benzene rings is 2. The zero-order valence-electron chi connectivity index (χ0n) is 25.9. The van der Waals surface area contributed by atoms with Crippen LogP contribution in [0.5, 0.6) is 5.75 Å². The third-order valence-corrected chi connectivity index (χ3v) is 10.9. The molecular weight excluding hydrogens is 504 g/mol. The van der Waals surface area contributed by atoms with Crippen molar-refractivity contribution in [3.8, 4) is 5.75 Å². The number of carbonyl (C=O) groups is 1. The number of carbonyl (C=O) groups excluding carboxylic acids is 1. The molecule has 0 N–H and O–H groups in total. The molecule has 3 nitrogen and oxygen atoms in total. The first-order valence-corrected chi connectivity index (χ1v) is 16.8. The Morgan fingerprint density at radius 2 is 1.76 bits per heavy atom. The van der Waals surface area contributed by atoms with Gasteiger partial charge in [0.25, 0.3) is 0 Å². The van der Waals surface area contributed by atoms with Gasteiger partial charge in [-0.1, -0.05) is 51.8 Å². The first kappa shape index (κ1) is 29.0. The number of hydrogen-bond donors (Lipinski definition) is 0. The first-order chi connectivity index (χ1) is 19.8. The summed E-state index contributed by atoms with van der Waals surface area (Å²) in [6.07, 6.45) is 17.5. The van der Waals surface area contributed by atoms with E-state index in [2.05, 4.69) is 39.0 Å². The lowest BCUT2D eigenvalue weighted by atomic mass is 9.71. The molecule has 3 heteroatoms. The molecule has 2 saturated carbocycles. The molecule has 0 amide bonds. The van der Waals surface area contributed by atoms with E-state index >= 15 is 0 Å². The van der Waals surface area contributed by atoms with Gasteiger partial charge in [-0.15, -0.1) is 0 Å². The fourth-order valence-electron chi connectivity index (χ4n) is 8.05. The molecule has 0 radical (unpaired) electrons. The van der Waals surface area contributed by atoms with Crippen molar-refractivity contribution in [1.82, 2.24) is 0 Å². The number of fused-ring (bicyclic) bond motifs is 1. The van der Waals surface area contributed by atoms with Crippen LogP contribution in [0, 0.1) is 22.7 Å². The van der Waals surface area contributed by atoms with Gasteiger partial charge in [-0.2, -0.15) is 0 Å². The van der Waals surface area contributed by atoms with E-state index in [0.29, 0.717) is 23.7 Å². The molecule has 0 aromatic heterocycles. The third kappa shape index (κ3) is 6.93. The van der Waals surface area contributed by atoms with E-state index in [0.717, 1.165) is 74.7 Å². The molecule has 2 aromatic rings. The minimum absolute atomic E-state index is 0.153. The fourth-order valence-corrected chi connectivity index (χ4v) is 8.05. The molecule has 2 aromatic carbocycles. The Morgan fingerprint density at radius 1 is 0.927 bits per heavy atom. The molecule has 1 heterocycles. The van der Waals surface area contributed by atoms with Gasteiger partial charge in [-0.25, -0.2) is 0 Å². The van der Waals surface area contributed by atoms with Crippen molar-refractivity contribution < 1.29 is 14.3 Å². The zero-order valence-corrected chi connectivity index (χ0v) is 25.9. The predicted octanol–water partition coefficient (Wildman–Crippen LogP) is 9.50. The number of ketones is 1. The monoisotopic (exact) mass is 556 g/mol. The van der Waals surface area contributed by atoms with Crippen molar-refractivity contribution in [2.75, 3.05) is 13.2 Å². The molecule has 1 unspecified atom stereocenters.